The molecule has 1 aliphatic rings. The number of nitro groups is 1. The predicted octanol–water partition coefficient (Wildman–Crippen LogP) is 3.77. The average Bonchev–Trinajstić information content (AvgIpc) is 3.32. The van der Waals surface area contributed by atoms with E-state index in [1.807, 2.05) is 0 Å². The van der Waals surface area contributed by atoms with Crippen molar-refractivity contribution in [2.75, 3.05) is 26.3 Å². The number of non-ortho nitro benzene ring substituents is 1. The van der Waals surface area contributed by atoms with Gasteiger partial charge in [-0.2, -0.15) is 4.31 Å². The minimum absolute atomic E-state index is 0.0141. The molecule has 1 aliphatic heterocycles. The Balaban J connectivity index is 1.43. The molecule has 0 radical (unpaired) electrons. The summed E-state index contributed by atoms with van der Waals surface area (Å²) < 4.78 is 37.6. The van der Waals surface area contributed by atoms with Crippen molar-refractivity contribution >= 4 is 27.6 Å². The van der Waals surface area contributed by atoms with Crippen LogP contribution in [0.15, 0.2) is 76.1 Å². The van der Waals surface area contributed by atoms with Gasteiger partial charge in [0.25, 0.3) is 5.69 Å². The molecule has 2 heterocycles. The molecule has 170 valence electrons. The average molecular weight is 468 g/mol. The second-order valence-corrected chi connectivity index (χ2v) is 9.18. The molecule has 0 aliphatic carbocycles. The van der Waals surface area contributed by atoms with Crippen LogP contribution in [0.5, 0.6) is 0 Å². The first-order valence-electron chi connectivity index (χ1n) is 10.1. The highest BCUT2D eigenvalue weighted by molar-refractivity contribution is 7.89. The number of nitrogens with zero attached hydrogens (tertiary/aromatic N) is 2. The molecular formula is C23H20N2O7S. The molecular weight excluding hydrogens is 448 g/mol. The molecule has 9 nitrogen and oxygen atoms in total. The first-order valence-corrected chi connectivity index (χ1v) is 11.5. The van der Waals surface area contributed by atoms with Gasteiger partial charge < -0.3 is 9.15 Å². The predicted molar refractivity (Wildman–Crippen MR) is 120 cm³/mol. The van der Waals surface area contributed by atoms with Crippen LogP contribution in [0.1, 0.15) is 16.1 Å². The summed E-state index contributed by atoms with van der Waals surface area (Å²) in [7, 11) is -3.62. The number of hydrogen-bond donors (Lipinski definition) is 0. The largest absolute Gasteiger partial charge is 0.457 e. The SMILES string of the molecule is O=C(/C=C/c1ccc(-c2ccc([N+](=O)[O-])cc2)o1)c1ccc(S(=O)(=O)N2CCOCC2)cc1. The summed E-state index contributed by atoms with van der Waals surface area (Å²) in [5.41, 5.74) is 0.998. The van der Waals surface area contributed by atoms with Crippen molar-refractivity contribution in [3.8, 4) is 11.3 Å². The third-order valence-corrected chi connectivity index (χ3v) is 7.05. The minimum atomic E-state index is -3.62. The minimum Gasteiger partial charge on any atom is -0.457 e. The van der Waals surface area contributed by atoms with E-state index in [0.717, 1.165) is 0 Å². The number of sulfonamides is 1. The molecule has 0 spiro atoms. The Morgan fingerprint density at radius 3 is 2.27 bits per heavy atom. The highest BCUT2D eigenvalue weighted by Gasteiger charge is 2.26. The molecule has 0 bridgehead atoms. The number of allylic oxidation sites excluding steroid dienone is 1. The number of morpholine rings is 1. The number of rotatable bonds is 7. The van der Waals surface area contributed by atoms with Gasteiger partial charge in [0.05, 0.1) is 23.0 Å². The van der Waals surface area contributed by atoms with Crippen LogP contribution in [0.3, 0.4) is 0 Å². The second kappa shape index (κ2) is 9.49. The van der Waals surface area contributed by atoms with Crippen molar-refractivity contribution in [3.63, 3.8) is 0 Å². The van der Waals surface area contributed by atoms with E-state index in [9.17, 15) is 23.3 Å². The second-order valence-electron chi connectivity index (χ2n) is 7.24. The number of furan rings is 1. The third-order valence-electron chi connectivity index (χ3n) is 5.14. The van der Waals surface area contributed by atoms with Crippen molar-refractivity contribution in [2.24, 2.45) is 0 Å². The first kappa shape index (κ1) is 22.6. The van der Waals surface area contributed by atoms with Gasteiger partial charge in [0.1, 0.15) is 11.5 Å². The van der Waals surface area contributed by atoms with E-state index in [1.54, 1.807) is 24.3 Å². The highest BCUT2D eigenvalue weighted by atomic mass is 32.2. The summed E-state index contributed by atoms with van der Waals surface area (Å²) in [6.45, 7) is 1.33. The van der Waals surface area contributed by atoms with Gasteiger partial charge in [0, 0.05) is 36.3 Å². The van der Waals surface area contributed by atoms with Gasteiger partial charge in [-0.3, -0.25) is 14.9 Å². The van der Waals surface area contributed by atoms with Gasteiger partial charge in [0.2, 0.25) is 10.0 Å². The molecule has 33 heavy (non-hydrogen) atoms. The van der Waals surface area contributed by atoms with Gasteiger partial charge in [-0.15, -0.1) is 0 Å². The van der Waals surface area contributed by atoms with E-state index in [0.29, 0.717) is 49.0 Å². The van der Waals surface area contributed by atoms with Crippen molar-refractivity contribution in [1.29, 1.82) is 0 Å². The fourth-order valence-electron chi connectivity index (χ4n) is 3.33. The Morgan fingerprint density at radius 1 is 0.970 bits per heavy atom. The van der Waals surface area contributed by atoms with Crippen LogP contribution in [-0.4, -0.2) is 49.7 Å². The summed E-state index contributed by atoms with van der Waals surface area (Å²) in [6.07, 6.45) is 2.85. The topological polar surface area (TPSA) is 120 Å². The van der Waals surface area contributed by atoms with Crippen molar-refractivity contribution in [1.82, 2.24) is 4.31 Å². The van der Waals surface area contributed by atoms with E-state index in [4.69, 9.17) is 9.15 Å². The van der Waals surface area contributed by atoms with E-state index in [1.165, 1.54) is 52.9 Å². The molecule has 2 aromatic carbocycles. The molecule has 0 amide bonds. The lowest BCUT2D eigenvalue weighted by Gasteiger charge is -2.26. The van der Waals surface area contributed by atoms with Crippen LogP contribution in [0.25, 0.3) is 17.4 Å². The van der Waals surface area contributed by atoms with Crippen LogP contribution in [0.4, 0.5) is 5.69 Å². The highest BCUT2D eigenvalue weighted by Crippen LogP contribution is 2.25. The Bertz CT molecular complexity index is 1290. The Kier molecular flexibility index (Phi) is 6.50. The van der Waals surface area contributed by atoms with Gasteiger partial charge in [-0.25, -0.2) is 8.42 Å². The monoisotopic (exact) mass is 468 g/mol. The fourth-order valence-corrected chi connectivity index (χ4v) is 4.73. The lowest BCUT2D eigenvalue weighted by atomic mass is 10.1. The zero-order valence-corrected chi connectivity index (χ0v) is 18.2. The quantitative estimate of drug-likeness (QED) is 0.224. The van der Waals surface area contributed by atoms with Gasteiger partial charge in [0.15, 0.2) is 5.78 Å². The number of ketones is 1. The van der Waals surface area contributed by atoms with E-state index in [2.05, 4.69) is 0 Å². The molecule has 0 atom stereocenters. The zero-order valence-electron chi connectivity index (χ0n) is 17.4. The number of carbonyl (C=O) groups is 1. The molecule has 1 fully saturated rings. The molecule has 4 rings (SSSR count). The number of benzene rings is 2. The lowest BCUT2D eigenvalue weighted by molar-refractivity contribution is -0.384. The maximum atomic E-state index is 12.7. The van der Waals surface area contributed by atoms with Crippen molar-refractivity contribution in [3.05, 3.63) is 88.2 Å². The third kappa shape index (κ3) is 5.08. The zero-order chi connectivity index (χ0) is 23.4. The van der Waals surface area contributed by atoms with Gasteiger partial charge >= 0.3 is 0 Å². The standard InChI is InChI=1S/C23H20N2O7S/c26-22(17-3-9-21(10-4-17)33(29,30)24-13-15-31-16-14-24)11-7-20-8-12-23(32-20)18-1-5-19(6-2-18)25(27)28/h1-12H,13-16H2/b11-7+. The number of hydrogen-bond acceptors (Lipinski definition) is 7. The van der Waals surface area contributed by atoms with Crippen LogP contribution in [-0.2, 0) is 14.8 Å². The molecule has 10 heteroatoms. The Labute approximate surface area is 190 Å². The van der Waals surface area contributed by atoms with Crippen LogP contribution >= 0.6 is 0 Å². The molecule has 1 aromatic heterocycles. The summed E-state index contributed by atoms with van der Waals surface area (Å²) in [5.74, 6) is 0.636. The maximum Gasteiger partial charge on any atom is 0.269 e. The number of carbonyl (C=O) groups excluding carboxylic acids is 1. The van der Waals surface area contributed by atoms with E-state index < -0.39 is 14.9 Å². The summed E-state index contributed by atoms with van der Waals surface area (Å²) in [6, 6.07) is 15.1. The maximum absolute atomic E-state index is 12.7. The fraction of sp³-hybridized carbons (Fsp3) is 0.174. The smallest absolute Gasteiger partial charge is 0.269 e. The van der Waals surface area contributed by atoms with Crippen LogP contribution in [0.2, 0.25) is 0 Å². The summed E-state index contributed by atoms with van der Waals surface area (Å²) in [5, 5.41) is 10.8. The van der Waals surface area contributed by atoms with Gasteiger partial charge in [-0.05, 0) is 60.7 Å². The Morgan fingerprint density at radius 2 is 1.64 bits per heavy atom. The Hall–Kier alpha value is -3.60. The van der Waals surface area contributed by atoms with Crippen LogP contribution in [0, 0.1) is 10.1 Å². The molecule has 3 aromatic rings. The molecule has 0 unspecified atom stereocenters. The molecule has 0 saturated carbocycles. The van der Waals surface area contributed by atoms with Gasteiger partial charge in [-0.1, -0.05) is 0 Å². The summed E-state index contributed by atoms with van der Waals surface area (Å²) in [4.78, 5) is 22.9. The summed E-state index contributed by atoms with van der Waals surface area (Å²) >= 11 is 0. The lowest BCUT2D eigenvalue weighted by Crippen LogP contribution is -2.40. The first-order chi connectivity index (χ1) is 15.8. The normalized spacial score (nSPS) is 15.0. The van der Waals surface area contributed by atoms with Crippen LogP contribution < -0.4 is 0 Å². The molecule has 1 saturated heterocycles. The van der Waals surface area contributed by atoms with Crippen molar-refractivity contribution in [2.45, 2.75) is 4.90 Å². The van der Waals surface area contributed by atoms with E-state index in [-0.39, 0.29) is 16.4 Å². The van der Waals surface area contributed by atoms with Crippen molar-refractivity contribution < 1.29 is 27.3 Å². The molecule has 0 N–H and O–H groups in total. The van der Waals surface area contributed by atoms with E-state index >= 15 is 0 Å². The number of nitro benzene ring substituents is 1. The number of ether oxygens (including phenoxy) is 1.